The van der Waals surface area contributed by atoms with Gasteiger partial charge in [0.2, 0.25) is 5.91 Å². The van der Waals surface area contributed by atoms with Crippen molar-refractivity contribution in [1.82, 2.24) is 15.5 Å². The zero-order chi connectivity index (χ0) is 21.2. The Balaban J connectivity index is 0.00000450. The van der Waals surface area contributed by atoms with Gasteiger partial charge in [0, 0.05) is 33.1 Å². The Morgan fingerprint density at radius 2 is 2.00 bits per heavy atom. The van der Waals surface area contributed by atoms with Crippen LogP contribution >= 0.6 is 24.0 Å². The summed E-state index contributed by atoms with van der Waals surface area (Å²) in [7, 11) is 3.06. The van der Waals surface area contributed by atoms with Gasteiger partial charge in [0.25, 0.3) is 0 Å². The number of guanidine groups is 1. The van der Waals surface area contributed by atoms with E-state index in [-0.39, 0.29) is 41.4 Å². The van der Waals surface area contributed by atoms with Gasteiger partial charge in [-0.1, -0.05) is 6.07 Å². The molecular formula is C20H31F2IN4O3. The first-order valence-corrected chi connectivity index (χ1v) is 9.82. The fraction of sp³-hybridized carbons (Fsp3) is 0.600. The highest BCUT2D eigenvalue weighted by Crippen LogP contribution is 2.29. The van der Waals surface area contributed by atoms with Crippen LogP contribution in [0.5, 0.6) is 11.5 Å². The lowest BCUT2D eigenvalue weighted by Crippen LogP contribution is -2.46. The predicted octanol–water partition coefficient (Wildman–Crippen LogP) is 3.23. The van der Waals surface area contributed by atoms with Crippen LogP contribution < -0.4 is 20.1 Å². The Morgan fingerprint density at radius 1 is 1.30 bits per heavy atom. The number of halogens is 3. The van der Waals surface area contributed by atoms with E-state index in [1.807, 2.05) is 6.92 Å². The number of carbonyl (C=O) groups is 1. The number of methoxy groups -OCH3 is 1. The van der Waals surface area contributed by atoms with E-state index in [9.17, 15) is 13.6 Å². The van der Waals surface area contributed by atoms with E-state index in [4.69, 9.17) is 4.74 Å². The highest BCUT2D eigenvalue weighted by atomic mass is 127. The summed E-state index contributed by atoms with van der Waals surface area (Å²) < 4.78 is 34.8. The van der Waals surface area contributed by atoms with E-state index in [1.54, 1.807) is 19.2 Å². The van der Waals surface area contributed by atoms with Crippen molar-refractivity contribution in [3.8, 4) is 11.5 Å². The Morgan fingerprint density at radius 3 is 2.57 bits per heavy atom. The van der Waals surface area contributed by atoms with Crippen molar-refractivity contribution in [2.24, 2.45) is 10.9 Å². The van der Waals surface area contributed by atoms with Crippen molar-refractivity contribution in [3.63, 3.8) is 0 Å². The van der Waals surface area contributed by atoms with Gasteiger partial charge in [0.15, 0.2) is 17.5 Å². The maximum Gasteiger partial charge on any atom is 0.387 e. The normalized spacial score (nSPS) is 14.9. The van der Waals surface area contributed by atoms with Crippen LogP contribution in [0, 0.1) is 5.92 Å². The molecule has 2 N–H and O–H groups in total. The summed E-state index contributed by atoms with van der Waals surface area (Å²) in [6.07, 6.45) is 2.40. The van der Waals surface area contributed by atoms with Crippen LogP contribution in [0.4, 0.5) is 8.78 Å². The molecule has 0 aliphatic carbocycles. The van der Waals surface area contributed by atoms with Gasteiger partial charge >= 0.3 is 6.61 Å². The molecule has 7 nitrogen and oxygen atoms in total. The minimum atomic E-state index is -2.92. The molecule has 0 atom stereocenters. The number of hydrogen-bond donors (Lipinski definition) is 2. The molecule has 2 rings (SSSR count). The third-order valence-corrected chi connectivity index (χ3v) is 4.86. The molecule has 0 bridgehead atoms. The Bertz CT molecular complexity index is 699. The van der Waals surface area contributed by atoms with Gasteiger partial charge in [0.1, 0.15) is 0 Å². The third-order valence-electron chi connectivity index (χ3n) is 4.86. The lowest BCUT2D eigenvalue weighted by atomic mass is 9.93. The molecule has 1 aromatic rings. The lowest BCUT2D eigenvalue weighted by Gasteiger charge is -2.34. The summed E-state index contributed by atoms with van der Waals surface area (Å²) >= 11 is 0. The average Bonchev–Trinajstić information content (AvgIpc) is 2.71. The minimum absolute atomic E-state index is 0. The maximum absolute atomic E-state index is 12.6. The van der Waals surface area contributed by atoms with E-state index < -0.39 is 6.61 Å². The Hall–Kier alpha value is -1.85. The summed E-state index contributed by atoms with van der Waals surface area (Å²) in [5, 5.41) is 5.95. The second-order valence-electron chi connectivity index (χ2n) is 6.84. The van der Waals surface area contributed by atoms with Crippen LogP contribution in [0.3, 0.4) is 0 Å². The van der Waals surface area contributed by atoms with E-state index in [0.717, 1.165) is 44.0 Å². The molecule has 1 aliphatic heterocycles. The van der Waals surface area contributed by atoms with E-state index in [2.05, 4.69) is 25.3 Å². The Labute approximate surface area is 193 Å². The summed E-state index contributed by atoms with van der Waals surface area (Å²) in [5.41, 5.74) is 0.742. The highest BCUT2D eigenvalue weighted by molar-refractivity contribution is 14.0. The van der Waals surface area contributed by atoms with Crippen LogP contribution in [0.1, 0.15) is 31.7 Å². The third kappa shape index (κ3) is 8.11. The first-order chi connectivity index (χ1) is 14.0. The first kappa shape index (κ1) is 26.2. The van der Waals surface area contributed by atoms with Gasteiger partial charge in [-0.15, -0.1) is 24.0 Å². The van der Waals surface area contributed by atoms with Crippen LogP contribution in [-0.4, -0.2) is 57.2 Å². The second kappa shape index (κ2) is 13.5. The smallest absolute Gasteiger partial charge is 0.387 e. The van der Waals surface area contributed by atoms with Crippen LogP contribution in [0.15, 0.2) is 23.2 Å². The molecule has 1 saturated heterocycles. The SMILES string of the molecule is CCNC(=NCc1ccc(OC)c(OC(F)F)c1)N1CCC(CC(=O)NC)CC1.I. The molecule has 1 aliphatic rings. The number of aliphatic imine (C=N–C) groups is 1. The topological polar surface area (TPSA) is 75.2 Å². The summed E-state index contributed by atoms with van der Waals surface area (Å²) in [6.45, 7) is 1.75. The van der Waals surface area contributed by atoms with Crippen molar-refractivity contribution >= 4 is 35.8 Å². The Kier molecular flexibility index (Phi) is 11.7. The van der Waals surface area contributed by atoms with Crippen LogP contribution in [-0.2, 0) is 11.3 Å². The van der Waals surface area contributed by atoms with Gasteiger partial charge in [-0.25, -0.2) is 4.99 Å². The molecule has 170 valence electrons. The van der Waals surface area contributed by atoms with E-state index in [1.165, 1.54) is 13.2 Å². The van der Waals surface area contributed by atoms with Crippen molar-refractivity contribution in [2.45, 2.75) is 39.3 Å². The molecule has 0 aromatic heterocycles. The molecule has 1 heterocycles. The number of nitrogens with zero attached hydrogens (tertiary/aromatic N) is 2. The number of likely N-dealkylation sites (tertiary alicyclic amines) is 1. The molecule has 1 amide bonds. The van der Waals surface area contributed by atoms with Crippen molar-refractivity contribution in [2.75, 3.05) is 33.8 Å². The van der Waals surface area contributed by atoms with Gasteiger partial charge in [0.05, 0.1) is 13.7 Å². The number of carbonyl (C=O) groups excluding carboxylic acids is 1. The average molecular weight is 540 g/mol. The quantitative estimate of drug-likeness (QED) is 0.301. The van der Waals surface area contributed by atoms with E-state index in [0.29, 0.717) is 18.9 Å². The number of nitrogens with one attached hydrogen (secondary N) is 2. The molecule has 0 radical (unpaired) electrons. The molecular weight excluding hydrogens is 509 g/mol. The molecule has 0 unspecified atom stereocenters. The number of ether oxygens (including phenoxy) is 2. The van der Waals surface area contributed by atoms with Gasteiger partial charge in [-0.2, -0.15) is 8.78 Å². The zero-order valence-corrected chi connectivity index (χ0v) is 20.0. The molecule has 30 heavy (non-hydrogen) atoms. The molecule has 0 saturated carbocycles. The van der Waals surface area contributed by atoms with E-state index >= 15 is 0 Å². The molecule has 1 fully saturated rings. The number of piperidine rings is 1. The molecule has 0 spiro atoms. The fourth-order valence-electron chi connectivity index (χ4n) is 3.31. The van der Waals surface area contributed by atoms with Crippen molar-refractivity contribution < 1.29 is 23.0 Å². The van der Waals surface area contributed by atoms with Crippen molar-refractivity contribution in [1.29, 1.82) is 0 Å². The molecule has 1 aromatic carbocycles. The molecule has 10 heteroatoms. The predicted molar refractivity (Wildman–Crippen MR) is 123 cm³/mol. The highest BCUT2D eigenvalue weighted by Gasteiger charge is 2.23. The van der Waals surface area contributed by atoms with Crippen LogP contribution in [0.25, 0.3) is 0 Å². The number of rotatable bonds is 8. The first-order valence-electron chi connectivity index (χ1n) is 9.82. The summed E-state index contributed by atoms with van der Waals surface area (Å²) in [5.74, 6) is 1.48. The number of alkyl halides is 2. The second-order valence-corrected chi connectivity index (χ2v) is 6.84. The van der Waals surface area contributed by atoms with Gasteiger partial charge < -0.3 is 25.0 Å². The lowest BCUT2D eigenvalue weighted by molar-refractivity contribution is -0.121. The van der Waals surface area contributed by atoms with Gasteiger partial charge in [-0.3, -0.25) is 4.79 Å². The zero-order valence-electron chi connectivity index (χ0n) is 17.6. The van der Waals surface area contributed by atoms with Crippen molar-refractivity contribution in [3.05, 3.63) is 23.8 Å². The minimum Gasteiger partial charge on any atom is -0.493 e. The standard InChI is InChI=1S/C20H30F2N4O3.HI/c1-4-24-20(26-9-7-14(8-10-26)12-18(27)23-2)25-13-15-5-6-16(28-3)17(11-15)29-19(21)22;/h5-6,11,14,19H,4,7-10,12-13H2,1-3H3,(H,23,27)(H,24,25);1H. The fourth-order valence-corrected chi connectivity index (χ4v) is 3.31. The largest absolute Gasteiger partial charge is 0.493 e. The van der Waals surface area contributed by atoms with Gasteiger partial charge in [-0.05, 0) is 43.4 Å². The number of benzene rings is 1. The summed E-state index contributed by atoms with van der Waals surface area (Å²) in [4.78, 5) is 18.4. The maximum atomic E-state index is 12.6. The summed E-state index contributed by atoms with van der Waals surface area (Å²) in [6, 6.07) is 4.90. The monoisotopic (exact) mass is 540 g/mol. The number of hydrogen-bond acceptors (Lipinski definition) is 4. The number of amides is 1. The van der Waals surface area contributed by atoms with Crippen LogP contribution in [0.2, 0.25) is 0 Å².